The van der Waals surface area contributed by atoms with Crippen molar-refractivity contribution in [2.45, 2.75) is 18.6 Å². The fourth-order valence-corrected chi connectivity index (χ4v) is 5.51. The van der Waals surface area contributed by atoms with Gasteiger partial charge in [-0.1, -0.05) is 12.1 Å². The van der Waals surface area contributed by atoms with Crippen LogP contribution in [0.5, 0.6) is 5.75 Å². The van der Waals surface area contributed by atoms with Crippen molar-refractivity contribution in [3.63, 3.8) is 0 Å². The van der Waals surface area contributed by atoms with Gasteiger partial charge in [0.15, 0.2) is 0 Å². The van der Waals surface area contributed by atoms with E-state index in [9.17, 15) is 9.65 Å². The number of morpholine rings is 1. The Labute approximate surface area is 219 Å². The maximum atomic E-state index is 14.4. The number of halogens is 1. The molecule has 2 fully saturated rings. The fraction of sp³-hybridized carbons (Fsp3) is 0.321. The van der Waals surface area contributed by atoms with E-state index in [1.165, 1.54) is 12.1 Å². The van der Waals surface area contributed by atoms with E-state index in [1.807, 2.05) is 13.1 Å². The van der Waals surface area contributed by atoms with Gasteiger partial charge in [0.05, 0.1) is 48.2 Å². The van der Waals surface area contributed by atoms with Crippen LogP contribution >= 0.6 is 0 Å². The van der Waals surface area contributed by atoms with Crippen LogP contribution in [0.25, 0.3) is 33.5 Å². The minimum Gasteiger partial charge on any atom is -0.494 e. The second-order valence-corrected chi connectivity index (χ2v) is 9.48. The summed E-state index contributed by atoms with van der Waals surface area (Å²) in [6.07, 6.45) is 2.72. The molecule has 10 heteroatoms. The molecule has 2 aromatic carbocycles. The van der Waals surface area contributed by atoms with Crippen LogP contribution in [0, 0.1) is 17.1 Å². The molecule has 2 aliphatic rings. The summed E-state index contributed by atoms with van der Waals surface area (Å²) in [4.78, 5) is 15.3. The molecular formula is C28H28FN7O2. The molecule has 0 aliphatic carbocycles. The normalized spacial score (nSPS) is 19.2. The molecule has 6 rings (SSSR count). The molecule has 194 valence electrons. The van der Waals surface area contributed by atoms with Gasteiger partial charge in [0.1, 0.15) is 28.7 Å². The van der Waals surface area contributed by atoms with E-state index in [1.54, 1.807) is 31.5 Å². The zero-order valence-electron chi connectivity index (χ0n) is 21.2. The van der Waals surface area contributed by atoms with Crippen molar-refractivity contribution in [2.24, 2.45) is 0 Å². The number of aromatic amines is 1. The summed E-state index contributed by atoms with van der Waals surface area (Å²) in [5, 5.41) is 16.3. The predicted molar refractivity (Wildman–Crippen MR) is 144 cm³/mol. The highest BCUT2D eigenvalue weighted by Crippen LogP contribution is 2.44. The molecular weight excluding hydrogens is 485 g/mol. The van der Waals surface area contributed by atoms with Crippen molar-refractivity contribution in [1.82, 2.24) is 20.3 Å². The van der Waals surface area contributed by atoms with Gasteiger partial charge in [-0.25, -0.2) is 14.4 Å². The van der Waals surface area contributed by atoms with Gasteiger partial charge < -0.3 is 30.0 Å². The Bertz CT molecular complexity index is 1550. The summed E-state index contributed by atoms with van der Waals surface area (Å²) < 4.78 is 26.1. The number of H-pyrrole nitrogens is 1. The molecule has 0 bridgehead atoms. The first-order chi connectivity index (χ1) is 18.6. The highest BCUT2D eigenvalue weighted by molar-refractivity contribution is 5.97. The number of nitrogens with one attached hydrogen (secondary N) is 3. The van der Waals surface area contributed by atoms with Gasteiger partial charge in [0.25, 0.3) is 0 Å². The van der Waals surface area contributed by atoms with Gasteiger partial charge >= 0.3 is 0 Å². The van der Waals surface area contributed by atoms with Crippen molar-refractivity contribution in [3.05, 3.63) is 54.0 Å². The molecule has 2 saturated heterocycles. The lowest BCUT2D eigenvalue weighted by Crippen LogP contribution is -2.58. The molecule has 3 N–H and O–H groups in total. The van der Waals surface area contributed by atoms with E-state index in [0.29, 0.717) is 53.2 Å². The van der Waals surface area contributed by atoms with E-state index in [4.69, 9.17) is 19.4 Å². The quantitative estimate of drug-likeness (QED) is 0.368. The second kappa shape index (κ2) is 9.93. The molecule has 2 atom stereocenters. The second-order valence-electron chi connectivity index (χ2n) is 9.48. The molecule has 2 aliphatic heterocycles. The topological polar surface area (TPSA) is 111 Å². The number of rotatable bonds is 5. The largest absolute Gasteiger partial charge is 0.494 e. The van der Waals surface area contributed by atoms with Gasteiger partial charge in [-0.3, -0.25) is 0 Å². The SMILES string of the molecule is CNc1ncc(-c2cccc(F)c2)c(N2CC[C@@H]3NCCO[C@H]3C2)c1-c1nc2c(OC)cc(C#N)cc2[nH]1. The first-order valence-corrected chi connectivity index (χ1v) is 12.6. The third kappa shape index (κ3) is 4.20. The molecule has 0 radical (unpaired) electrons. The van der Waals surface area contributed by atoms with Crippen LogP contribution in [0.15, 0.2) is 42.6 Å². The predicted octanol–water partition coefficient (Wildman–Crippen LogP) is 3.92. The summed E-state index contributed by atoms with van der Waals surface area (Å²) in [7, 11) is 3.37. The van der Waals surface area contributed by atoms with Crippen molar-refractivity contribution in [3.8, 4) is 34.3 Å². The molecule has 38 heavy (non-hydrogen) atoms. The van der Waals surface area contributed by atoms with Crippen molar-refractivity contribution in [1.29, 1.82) is 5.26 Å². The van der Waals surface area contributed by atoms with Crippen LogP contribution in [0.3, 0.4) is 0 Å². The Morgan fingerprint density at radius 2 is 2.18 bits per heavy atom. The Kier molecular flexibility index (Phi) is 6.31. The average Bonchev–Trinajstić information content (AvgIpc) is 3.39. The average molecular weight is 514 g/mol. The van der Waals surface area contributed by atoms with E-state index < -0.39 is 0 Å². The number of hydrogen-bond acceptors (Lipinski definition) is 8. The Hall–Kier alpha value is -4.20. The Morgan fingerprint density at radius 1 is 1.29 bits per heavy atom. The van der Waals surface area contributed by atoms with E-state index in [0.717, 1.165) is 41.9 Å². The lowest BCUT2D eigenvalue weighted by atomic mass is 9.95. The van der Waals surface area contributed by atoms with Crippen molar-refractivity contribution < 1.29 is 13.9 Å². The van der Waals surface area contributed by atoms with Crippen molar-refractivity contribution >= 4 is 22.5 Å². The summed E-state index contributed by atoms with van der Waals surface area (Å²) in [5.41, 5.74) is 4.93. The third-order valence-electron chi connectivity index (χ3n) is 7.28. The van der Waals surface area contributed by atoms with Gasteiger partial charge in [0, 0.05) is 50.6 Å². The molecule has 0 unspecified atom stereocenters. The number of imidazole rings is 1. The number of piperidine rings is 1. The lowest BCUT2D eigenvalue weighted by molar-refractivity contribution is -0.00899. The lowest BCUT2D eigenvalue weighted by Gasteiger charge is -2.43. The number of methoxy groups -OCH3 is 1. The number of fused-ring (bicyclic) bond motifs is 2. The van der Waals surface area contributed by atoms with Crippen molar-refractivity contribution in [2.75, 3.05) is 50.6 Å². The van der Waals surface area contributed by atoms with Crippen LogP contribution in [0.1, 0.15) is 12.0 Å². The molecule has 0 saturated carbocycles. The molecule has 2 aromatic heterocycles. The smallest absolute Gasteiger partial charge is 0.148 e. The summed E-state index contributed by atoms with van der Waals surface area (Å²) >= 11 is 0. The van der Waals surface area contributed by atoms with E-state index in [2.05, 4.69) is 26.6 Å². The van der Waals surface area contributed by atoms with Crippen LogP contribution < -0.4 is 20.3 Å². The zero-order chi connectivity index (χ0) is 26.2. The maximum Gasteiger partial charge on any atom is 0.148 e. The fourth-order valence-electron chi connectivity index (χ4n) is 5.51. The molecule has 4 heterocycles. The summed E-state index contributed by atoms with van der Waals surface area (Å²) in [6, 6.07) is 12.5. The summed E-state index contributed by atoms with van der Waals surface area (Å²) in [5.74, 6) is 1.39. The molecule has 4 aromatic rings. The third-order valence-corrected chi connectivity index (χ3v) is 7.28. The van der Waals surface area contributed by atoms with E-state index in [-0.39, 0.29) is 11.9 Å². The van der Waals surface area contributed by atoms with E-state index >= 15 is 0 Å². The number of nitrogens with zero attached hydrogens (tertiary/aromatic N) is 4. The number of hydrogen-bond donors (Lipinski definition) is 3. The highest BCUT2D eigenvalue weighted by Gasteiger charge is 2.35. The minimum atomic E-state index is -0.316. The van der Waals surface area contributed by atoms with Crippen LogP contribution in [-0.2, 0) is 4.74 Å². The van der Waals surface area contributed by atoms with Crippen LogP contribution in [0.2, 0.25) is 0 Å². The Morgan fingerprint density at radius 3 is 2.97 bits per heavy atom. The number of pyridine rings is 1. The number of aromatic nitrogens is 3. The maximum absolute atomic E-state index is 14.4. The number of nitriles is 1. The standard InChI is InChI=1S/C28H28FN7O2/c1-31-27-24(28-34-21-10-16(13-30)11-22(37-2)25(21)35-28)26(19(14-33-27)17-4-3-5-18(29)12-17)36-8-6-20-23(15-36)38-9-7-32-20/h3-5,10-12,14,20,23,32H,6-9,15H2,1-2H3,(H,31,33)(H,34,35)/t20-,23-/m0/s1. The van der Waals surface area contributed by atoms with Gasteiger partial charge in [0.2, 0.25) is 0 Å². The molecule has 0 spiro atoms. The number of anilines is 2. The molecule has 0 amide bonds. The first-order valence-electron chi connectivity index (χ1n) is 12.6. The number of benzene rings is 2. The first kappa shape index (κ1) is 24.2. The zero-order valence-corrected chi connectivity index (χ0v) is 21.2. The summed E-state index contributed by atoms with van der Waals surface area (Å²) in [6.45, 7) is 2.97. The minimum absolute atomic E-state index is 0.0332. The van der Waals surface area contributed by atoms with Gasteiger partial charge in [-0.15, -0.1) is 0 Å². The van der Waals surface area contributed by atoms with Crippen LogP contribution in [0.4, 0.5) is 15.9 Å². The Balaban J connectivity index is 1.58. The van der Waals surface area contributed by atoms with Crippen LogP contribution in [-0.4, -0.2) is 67.5 Å². The number of ether oxygens (including phenoxy) is 2. The van der Waals surface area contributed by atoms with Gasteiger partial charge in [-0.2, -0.15) is 5.26 Å². The molecule has 9 nitrogen and oxygen atoms in total. The monoisotopic (exact) mass is 513 g/mol. The van der Waals surface area contributed by atoms with Gasteiger partial charge in [-0.05, 0) is 30.2 Å². The highest BCUT2D eigenvalue weighted by atomic mass is 19.1.